The molecule has 0 amide bonds. The van der Waals surface area contributed by atoms with Crippen LogP contribution in [-0.4, -0.2) is 30.4 Å². The molecule has 3 aromatic carbocycles. The summed E-state index contributed by atoms with van der Waals surface area (Å²) in [5, 5.41) is 10.7. The number of aryl methyl sites for hydroxylation is 2. The molecule has 1 heterocycles. The lowest BCUT2D eigenvalue weighted by Crippen LogP contribution is -2.34. The molecule has 0 atom stereocenters. The number of ether oxygens (including phenoxy) is 2. The van der Waals surface area contributed by atoms with Crippen LogP contribution in [0.2, 0.25) is 0 Å². The first kappa shape index (κ1) is 27.6. The molecular formula is C34H38O4. The molecule has 0 radical (unpaired) electrons. The van der Waals surface area contributed by atoms with Crippen molar-refractivity contribution in [3.8, 4) is 23.0 Å². The molecule has 0 unspecified atom stereocenters. The van der Waals surface area contributed by atoms with Crippen LogP contribution in [-0.2, 0) is 26.3 Å². The van der Waals surface area contributed by atoms with Gasteiger partial charge in [0.05, 0.1) is 13.2 Å². The van der Waals surface area contributed by atoms with Gasteiger partial charge in [0.1, 0.15) is 12.2 Å². The van der Waals surface area contributed by atoms with E-state index in [-0.39, 0.29) is 12.0 Å². The number of carbonyl (C=O) groups excluding carboxylic acids is 1. The van der Waals surface area contributed by atoms with Gasteiger partial charge in [-0.1, -0.05) is 80.3 Å². The van der Waals surface area contributed by atoms with Crippen LogP contribution in [0.25, 0.3) is 11.1 Å². The van der Waals surface area contributed by atoms with Crippen LogP contribution in [0.15, 0.2) is 60.7 Å². The van der Waals surface area contributed by atoms with Crippen molar-refractivity contribution in [2.45, 2.75) is 71.0 Å². The highest BCUT2D eigenvalue weighted by Gasteiger charge is 2.31. The second-order valence-electron chi connectivity index (χ2n) is 10.3. The van der Waals surface area contributed by atoms with E-state index >= 15 is 0 Å². The molecule has 38 heavy (non-hydrogen) atoms. The van der Waals surface area contributed by atoms with Crippen molar-refractivity contribution >= 4 is 6.47 Å². The molecule has 1 aliphatic heterocycles. The lowest BCUT2D eigenvalue weighted by Gasteiger charge is -2.34. The maximum Gasteiger partial charge on any atom is 0.293 e. The minimum absolute atomic E-state index is 0.102. The Morgan fingerprint density at radius 2 is 1.58 bits per heavy atom. The maximum atomic E-state index is 10.7. The van der Waals surface area contributed by atoms with Gasteiger partial charge in [-0.05, 0) is 71.7 Å². The van der Waals surface area contributed by atoms with E-state index in [1.54, 1.807) is 0 Å². The Morgan fingerprint density at radius 3 is 2.16 bits per heavy atom. The maximum absolute atomic E-state index is 10.7. The zero-order chi connectivity index (χ0) is 27.2. The summed E-state index contributed by atoms with van der Waals surface area (Å²) in [4.78, 5) is 10.5. The number of hydrogen-bond acceptors (Lipinski definition) is 4. The lowest BCUT2D eigenvalue weighted by molar-refractivity contribution is -0.129. The van der Waals surface area contributed by atoms with Crippen LogP contribution in [0.1, 0.15) is 72.9 Å². The van der Waals surface area contributed by atoms with Gasteiger partial charge in [-0.25, -0.2) is 0 Å². The standard InChI is InChI=1S/C34H38O4/c1-5-34(6-2,30-12-11-28(25(3)21-30)15-16-33(36)17-19-37-20-18-33)31-13-14-32(26(4)22-31)29-9-7-27(8-10-29)23-38-24-35/h7-14,21-22,24,36H,5-6,17-20,23H2,1-4H3. The van der Waals surface area contributed by atoms with Crippen LogP contribution < -0.4 is 0 Å². The Bertz CT molecular complexity index is 1320. The second kappa shape index (κ2) is 12.0. The van der Waals surface area contributed by atoms with Gasteiger partial charge in [0.15, 0.2) is 0 Å². The highest BCUT2D eigenvalue weighted by Crippen LogP contribution is 2.41. The first-order chi connectivity index (χ1) is 18.3. The van der Waals surface area contributed by atoms with Gasteiger partial charge in [-0.2, -0.15) is 0 Å². The summed E-state index contributed by atoms with van der Waals surface area (Å²) in [5.41, 5.74) is 8.19. The summed E-state index contributed by atoms with van der Waals surface area (Å²) in [6, 6.07) is 21.6. The van der Waals surface area contributed by atoms with E-state index in [1.165, 1.54) is 22.3 Å². The van der Waals surface area contributed by atoms with E-state index in [2.05, 4.69) is 88.1 Å². The first-order valence-electron chi connectivity index (χ1n) is 13.5. The fraction of sp³-hybridized carbons (Fsp3) is 0.382. The lowest BCUT2D eigenvalue weighted by atomic mass is 9.69. The number of hydrogen-bond donors (Lipinski definition) is 1. The molecule has 0 saturated carbocycles. The SMILES string of the molecule is CCC(CC)(c1ccc(C#CC2(O)CCOCC2)c(C)c1)c1ccc(-c2ccc(COC=O)cc2)c(C)c1. The predicted molar refractivity (Wildman–Crippen MR) is 152 cm³/mol. The quantitative estimate of drug-likeness (QED) is 0.273. The van der Waals surface area contributed by atoms with Crippen molar-refractivity contribution in [2.75, 3.05) is 13.2 Å². The summed E-state index contributed by atoms with van der Waals surface area (Å²) < 4.78 is 10.2. The Hall–Kier alpha value is -3.39. The molecule has 1 fully saturated rings. The van der Waals surface area contributed by atoms with Gasteiger partial charge in [-0.3, -0.25) is 4.79 Å². The van der Waals surface area contributed by atoms with Gasteiger partial charge in [0, 0.05) is 23.8 Å². The largest absolute Gasteiger partial charge is 0.463 e. The smallest absolute Gasteiger partial charge is 0.293 e. The third-order valence-electron chi connectivity index (χ3n) is 8.10. The van der Waals surface area contributed by atoms with Crippen LogP contribution in [0.3, 0.4) is 0 Å². The topological polar surface area (TPSA) is 55.8 Å². The third-order valence-corrected chi connectivity index (χ3v) is 8.10. The summed E-state index contributed by atoms with van der Waals surface area (Å²) in [6.45, 7) is 10.7. The van der Waals surface area contributed by atoms with Crippen LogP contribution in [0.4, 0.5) is 0 Å². The Kier molecular flexibility index (Phi) is 8.72. The predicted octanol–water partition coefficient (Wildman–Crippen LogP) is 6.64. The highest BCUT2D eigenvalue weighted by molar-refractivity contribution is 5.68. The van der Waals surface area contributed by atoms with Crippen LogP contribution >= 0.6 is 0 Å². The minimum atomic E-state index is -0.956. The van der Waals surface area contributed by atoms with Gasteiger partial charge in [-0.15, -0.1) is 0 Å². The molecular weight excluding hydrogens is 472 g/mol. The monoisotopic (exact) mass is 510 g/mol. The molecule has 4 heteroatoms. The molecule has 198 valence electrons. The Balaban J connectivity index is 1.63. The zero-order valence-corrected chi connectivity index (χ0v) is 23.0. The van der Waals surface area contributed by atoms with Crippen molar-refractivity contribution in [1.29, 1.82) is 0 Å². The van der Waals surface area contributed by atoms with E-state index in [4.69, 9.17) is 9.47 Å². The summed E-state index contributed by atoms with van der Waals surface area (Å²) in [7, 11) is 0. The third kappa shape index (κ3) is 5.85. The highest BCUT2D eigenvalue weighted by atomic mass is 16.5. The van der Waals surface area contributed by atoms with E-state index < -0.39 is 5.60 Å². The minimum Gasteiger partial charge on any atom is -0.463 e. The second-order valence-corrected chi connectivity index (χ2v) is 10.3. The van der Waals surface area contributed by atoms with Crippen molar-refractivity contribution in [2.24, 2.45) is 0 Å². The molecule has 0 aliphatic carbocycles. The molecule has 4 nitrogen and oxygen atoms in total. The van der Waals surface area contributed by atoms with Crippen molar-refractivity contribution < 1.29 is 19.4 Å². The average molecular weight is 511 g/mol. The molecule has 0 bridgehead atoms. The van der Waals surface area contributed by atoms with E-state index in [9.17, 15) is 9.90 Å². The Morgan fingerprint density at radius 1 is 0.947 bits per heavy atom. The Labute approximate surface area is 227 Å². The summed E-state index contributed by atoms with van der Waals surface area (Å²) in [6.07, 6.45) is 3.08. The van der Waals surface area contributed by atoms with E-state index in [0.29, 0.717) is 32.5 Å². The molecule has 4 rings (SSSR count). The van der Waals surface area contributed by atoms with Crippen molar-refractivity contribution in [3.05, 3.63) is 94.0 Å². The van der Waals surface area contributed by atoms with Crippen molar-refractivity contribution in [3.63, 3.8) is 0 Å². The van der Waals surface area contributed by atoms with Crippen LogP contribution in [0, 0.1) is 25.7 Å². The fourth-order valence-corrected chi connectivity index (χ4v) is 5.55. The molecule has 1 N–H and O–H groups in total. The number of aliphatic hydroxyl groups is 1. The molecule has 0 aromatic heterocycles. The van der Waals surface area contributed by atoms with Crippen LogP contribution in [0.5, 0.6) is 0 Å². The van der Waals surface area contributed by atoms with Gasteiger partial charge in [0.25, 0.3) is 6.47 Å². The molecule has 1 aliphatic rings. The van der Waals surface area contributed by atoms with Gasteiger partial charge < -0.3 is 14.6 Å². The summed E-state index contributed by atoms with van der Waals surface area (Å²) in [5.74, 6) is 6.37. The molecule has 3 aromatic rings. The fourth-order valence-electron chi connectivity index (χ4n) is 5.55. The first-order valence-corrected chi connectivity index (χ1v) is 13.5. The average Bonchev–Trinajstić information content (AvgIpc) is 2.93. The summed E-state index contributed by atoms with van der Waals surface area (Å²) >= 11 is 0. The number of benzene rings is 3. The zero-order valence-electron chi connectivity index (χ0n) is 23.0. The molecule has 0 spiro atoms. The van der Waals surface area contributed by atoms with E-state index in [1.807, 2.05) is 12.1 Å². The van der Waals surface area contributed by atoms with Gasteiger partial charge >= 0.3 is 0 Å². The van der Waals surface area contributed by atoms with E-state index in [0.717, 1.165) is 35.1 Å². The van der Waals surface area contributed by atoms with Crippen molar-refractivity contribution in [1.82, 2.24) is 0 Å². The number of carbonyl (C=O) groups is 1. The number of rotatable bonds is 8. The molecule has 1 saturated heterocycles. The van der Waals surface area contributed by atoms with Gasteiger partial charge in [0.2, 0.25) is 0 Å². The normalized spacial score (nSPS) is 14.9.